The van der Waals surface area contributed by atoms with Gasteiger partial charge in [-0.2, -0.15) is 0 Å². The highest BCUT2D eigenvalue weighted by molar-refractivity contribution is 5.44. The van der Waals surface area contributed by atoms with Crippen LogP contribution in [0.15, 0.2) is 30.3 Å². The summed E-state index contributed by atoms with van der Waals surface area (Å²) in [4.78, 5) is 2.27. The number of hydrogen-bond acceptors (Lipinski definition) is 2. The molecule has 0 unspecified atom stereocenters. The molecular formula is C13H22N2. The van der Waals surface area contributed by atoms with E-state index in [2.05, 4.69) is 50.1 Å². The van der Waals surface area contributed by atoms with E-state index >= 15 is 0 Å². The number of nitrogens with zero attached hydrogens (tertiary/aromatic N) is 1. The number of para-hydroxylation sites is 1. The maximum atomic E-state index is 5.94. The van der Waals surface area contributed by atoms with Crippen molar-refractivity contribution in [2.24, 2.45) is 5.73 Å². The smallest absolute Gasteiger partial charge is 0.0363 e. The Balaban J connectivity index is 2.34. The SMILES string of the molecule is CN(CCCC(C)(C)N)c1ccccc1. The predicted molar refractivity (Wildman–Crippen MR) is 67.2 cm³/mol. The van der Waals surface area contributed by atoms with Crippen LogP contribution in [0.25, 0.3) is 0 Å². The van der Waals surface area contributed by atoms with E-state index < -0.39 is 0 Å². The zero-order valence-electron chi connectivity index (χ0n) is 10.0. The van der Waals surface area contributed by atoms with Crippen LogP contribution in [0.3, 0.4) is 0 Å². The molecule has 0 saturated heterocycles. The summed E-state index contributed by atoms with van der Waals surface area (Å²) in [6, 6.07) is 10.4. The van der Waals surface area contributed by atoms with E-state index in [9.17, 15) is 0 Å². The van der Waals surface area contributed by atoms with Gasteiger partial charge in [0, 0.05) is 24.8 Å². The Labute approximate surface area is 93.1 Å². The summed E-state index contributed by atoms with van der Waals surface area (Å²) in [6.07, 6.45) is 2.19. The minimum atomic E-state index is -0.0441. The van der Waals surface area contributed by atoms with E-state index in [-0.39, 0.29) is 5.54 Å². The molecular weight excluding hydrogens is 184 g/mol. The quantitative estimate of drug-likeness (QED) is 0.802. The van der Waals surface area contributed by atoms with Crippen molar-refractivity contribution in [3.8, 4) is 0 Å². The van der Waals surface area contributed by atoms with Gasteiger partial charge in [-0.05, 0) is 38.8 Å². The van der Waals surface area contributed by atoms with E-state index in [1.807, 2.05) is 6.07 Å². The van der Waals surface area contributed by atoms with Crippen LogP contribution < -0.4 is 10.6 Å². The Morgan fingerprint density at radius 2 is 1.80 bits per heavy atom. The molecule has 0 aliphatic heterocycles. The molecule has 84 valence electrons. The summed E-state index contributed by atoms with van der Waals surface area (Å²) in [5.41, 5.74) is 7.17. The minimum absolute atomic E-state index is 0.0441. The molecule has 1 rings (SSSR count). The highest BCUT2D eigenvalue weighted by atomic mass is 15.1. The third-order valence-corrected chi connectivity index (χ3v) is 2.51. The highest BCUT2D eigenvalue weighted by Crippen LogP contribution is 2.13. The molecule has 0 bridgehead atoms. The van der Waals surface area contributed by atoms with Gasteiger partial charge in [-0.25, -0.2) is 0 Å². The standard InChI is InChI=1S/C13H22N2/c1-13(2,14)10-7-11-15(3)12-8-5-4-6-9-12/h4-6,8-9H,7,10-11,14H2,1-3H3. The Hall–Kier alpha value is -1.02. The molecule has 0 atom stereocenters. The van der Waals surface area contributed by atoms with Crippen molar-refractivity contribution in [3.63, 3.8) is 0 Å². The van der Waals surface area contributed by atoms with Gasteiger partial charge in [0.2, 0.25) is 0 Å². The van der Waals surface area contributed by atoms with Crippen molar-refractivity contribution < 1.29 is 0 Å². The van der Waals surface area contributed by atoms with Crippen molar-refractivity contribution >= 4 is 5.69 Å². The van der Waals surface area contributed by atoms with E-state index in [1.54, 1.807) is 0 Å². The zero-order chi connectivity index (χ0) is 11.3. The largest absolute Gasteiger partial charge is 0.375 e. The molecule has 1 aromatic rings. The van der Waals surface area contributed by atoms with Gasteiger partial charge < -0.3 is 10.6 Å². The van der Waals surface area contributed by atoms with Crippen LogP contribution in [0, 0.1) is 0 Å². The molecule has 0 aliphatic carbocycles. The van der Waals surface area contributed by atoms with Crippen molar-refractivity contribution in [3.05, 3.63) is 30.3 Å². The number of hydrogen-bond donors (Lipinski definition) is 1. The fourth-order valence-corrected chi connectivity index (χ4v) is 1.58. The van der Waals surface area contributed by atoms with Gasteiger partial charge in [-0.15, -0.1) is 0 Å². The highest BCUT2D eigenvalue weighted by Gasteiger charge is 2.10. The van der Waals surface area contributed by atoms with Gasteiger partial charge >= 0.3 is 0 Å². The van der Waals surface area contributed by atoms with Crippen molar-refractivity contribution in [2.75, 3.05) is 18.5 Å². The van der Waals surface area contributed by atoms with Crippen LogP contribution in [0.2, 0.25) is 0 Å². The zero-order valence-corrected chi connectivity index (χ0v) is 10.0. The number of anilines is 1. The van der Waals surface area contributed by atoms with Crippen LogP contribution >= 0.6 is 0 Å². The molecule has 0 saturated carbocycles. The van der Waals surface area contributed by atoms with E-state index in [0.717, 1.165) is 19.4 Å². The predicted octanol–water partition coefficient (Wildman–Crippen LogP) is 2.64. The van der Waals surface area contributed by atoms with Gasteiger partial charge in [0.05, 0.1) is 0 Å². The minimum Gasteiger partial charge on any atom is -0.375 e. The lowest BCUT2D eigenvalue weighted by Crippen LogP contribution is -2.33. The monoisotopic (exact) mass is 206 g/mol. The molecule has 15 heavy (non-hydrogen) atoms. The fourth-order valence-electron chi connectivity index (χ4n) is 1.58. The second-order valence-corrected chi connectivity index (χ2v) is 4.85. The Bertz CT molecular complexity index is 274. The topological polar surface area (TPSA) is 29.3 Å². The molecule has 0 radical (unpaired) electrons. The second kappa shape index (κ2) is 5.17. The van der Waals surface area contributed by atoms with Crippen molar-refractivity contribution in [1.29, 1.82) is 0 Å². The van der Waals surface area contributed by atoms with Gasteiger partial charge in [0.25, 0.3) is 0 Å². The molecule has 0 fully saturated rings. The summed E-state index contributed by atoms with van der Waals surface area (Å²) in [7, 11) is 2.12. The number of nitrogens with two attached hydrogens (primary N) is 1. The normalized spacial score (nSPS) is 11.5. The first kappa shape index (κ1) is 12.1. The van der Waals surface area contributed by atoms with Crippen LogP contribution in [-0.2, 0) is 0 Å². The molecule has 0 spiro atoms. The molecule has 1 aromatic carbocycles. The first-order valence-corrected chi connectivity index (χ1v) is 5.54. The Morgan fingerprint density at radius 3 is 2.33 bits per heavy atom. The summed E-state index contributed by atoms with van der Waals surface area (Å²) in [6.45, 7) is 5.22. The van der Waals surface area contributed by atoms with Crippen LogP contribution in [0.5, 0.6) is 0 Å². The molecule has 2 nitrogen and oxygen atoms in total. The summed E-state index contributed by atoms with van der Waals surface area (Å²) >= 11 is 0. The molecule has 0 aromatic heterocycles. The number of rotatable bonds is 5. The van der Waals surface area contributed by atoms with Crippen LogP contribution in [0.4, 0.5) is 5.69 Å². The lowest BCUT2D eigenvalue weighted by molar-refractivity contribution is 0.460. The van der Waals surface area contributed by atoms with Gasteiger partial charge in [-0.3, -0.25) is 0 Å². The fraction of sp³-hybridized carbons (Fsp3) is 0.538. The summed E-state index contributed by atoms with van der Waals surface area (Å²) < 4.78 is 0. The van der Waals surface area contributed by atoms with Crippen molar-refractivity contribution in [1.82, 2.24) is 0 Å². The molecule has 0 heterocycles. The molecule has 0 amide bonds. The molecule has 0 aliphatic rings. The summed E-state index contributed by atoms with van der Waals surface area (Å²) in [5, 5.41) is 0. The average Bonchev–Trinajstić information content (AvgIpc) is 2.17. The van der Waals surface area contributed by atoms with E-state index in [4.69, 9.17) is 5.73 Å². The molecule has 2 heteroatoms. The average molecular weight is 206 g/mol. The number of benzene rings is 1. The first-order valence-electron chi connectivity index (χ1n) is 5.54. The van der Waals surface area contributed by atoms with Gasteiger partial charge in [-0.1, -0.05) is 18.2 Å². The second-order valence-electron chi connectivity index (χ2n) is 4.85. The van der Waals surface area contributed by atoms with Gasteiger partial charge in [0.1, 0.15) is 0 Å². The van der Waals surface area contributed by atoms with E-state index in [1.165, 1.54) is 5.69 Å². The summed E-state index contributed by atoms with van der Waals surface area (Å²) in [5.74, 6) is 0. The lowest BCUT2D eigenvalue weighted by Gasteiger charge is -2.23. The van der Waals surface area contributed by atoms with E-state index in [0.29, 0.717) is 0 Å². The van der Waals surface area contributed by atoms with Gasteiger partial charge in [0.15, 0.2) is 0 Å². The molecule has 2 N–H and O–H groups in total. The third kappa shape index (κ3) is 4.84. The van der Waals surface area contributed by atoms with Crippen molar-refractivity contribution in [2.45, 2.75) is 32.2 Å². The Kier molecular flexibility index (Phi) is 4.15. The van der Waals surface area contributed by atoms with Crippen LogP contribution in [-0.4, -0.2) is 19.1 Å². The van der Waals surface area contributed by atoms with Crippen LogP contribution in [0.1, 0.15) is 26.7 Å². The first-order chi connectivity index (χ1) is 6.99. The lowest BCUT2D eigenvalue weighted by atomic mass is 10.00. The third-order valence-electron chi connectivity index (χ3n) is 2.51. The Morgan fingerprint density at radius 1 is 1.20 bits per heavy atom. The maximum absolute atomic E-state index is 5.94. The maximum Gasteiger partial charge on any atom is 0.0363 e.